The van der Waals surface area contributed by atoms with Crippen LogP contribution in [0.25, 0.3) is 0 Å². The molecule has 0 aromatic carbocycles. The Kier molecular flexibility index (Phi) is 5.03. The normalized spacial score (nSPS) is 32.8. The summed E-state index contributed by atoms with van der Waals surface area (Å²) in [6.07, 6.45) is 5.09. The number of ether oxygens (including phenoxy) is 1. The number of hydrogen-bond donors (Lipinski definition) is 2. The molecule has 0 unspecified atom stereocenters. The molecule has 1 saturated heterocycles. The Morgan fingerprint density at radius 1 is 1.19 bits per heavy atom. The van der Waals surface area contributed by atoms with Crippen molar-refractivity contribution < 1.29 is 4.74 Å². The molecule has 0 spiro atoms. The summed E-state index contributed by atoms with van der Waals surface area (Å²) in [5.41, 5.74) is 6.10. The van der Waals surface area contributed by atoms with Gasteiger partial charge in [0.2, 0.25) is 0 Å². The molecule has 0 amide bonds. The molecule has 16 heavy (non-hydrogen) atoms. The summed E-state index contributed by atoms with van der Waals surface area (Å²) in [5, 5.41) is 3.61. The van der Waals surface area contributed by atoms with Crippen molar-refractivity contribution in [1.82, 2.24) is 10.2 Å². The van der Waals surface area contributed by atoms with E-state index in [4.69, 9.17) is 10.5 Å². The van der Waals surface area contributed by atoms with Gasteiger partial charge < -0.3 is 15.8 Å². The second kappa shape index (κ2) is 6.55. The fraction of sp³-hybridized carbons (Fsp3) is 1.00. The molecule has 0 radical (unpaired) electrons. The fourth-order valence-electron chi connectivity index (χ4n) is 2.65. The number of hydrogen-bond acceptors (Lipinski definition) is 4. The van der Waals surface area contributed by atoms with E-state index in [0.717, 1.165) is 39.4 Å². The molecule has 1 saturated carbocycles. The molecular formula is C12H25N3O. The lowest BCUT2D eigenvalue weighted by molar-refractivity contribution is 0.0379. The standard InChI is InChI=1S/C12H25N3O/c13-11-3-1-2-4-12(11)14-5-6-15-7-9-16-10-8-15/h11-12,14H,1-10,13H2/t11-,12+/m1/s1. The highest BCUT2D eigenvalue weighted by molar-refractivity contribution is 4.83. The first-order valence-corrected chi connectivity index (χ1v) is 6.65. The molecule has 1 aliphatic heterocycles. The Labute approximate surface area is 98.5 Å². The molecule has 2 rings (SSSR count). The van der Waals surface area contributed by atoms with E-state index in [0.29, 0.717) is 12.1 Å². The van der Waals surface area contributed by atoms with Crippen molar-refractivity contribution in [3.05, 3.63) is 0 Å². The van der Waals surface area contributed by atoms with Crippen molar-refractivity contribution in [3.63, 3.8) is 0 Å². The number of nitrogens with zero attached hydrogens (tertiary/aromatic N) is 1. The van der Waals surface area contributed by atoms with Crippen LogP contribution in [-0.2, 0) is 4.74 Å². The summed E-state index contributed by atoms with van der Waals surface area (Å²) < 4.78 is 5.33. The van der Waals surface area contributed by atoms with Crippen LogP contribution >= 0.6 is 0 Å². The largest absolute Gasteiger partial charge is 0.379 e. The van der Waals surface area contributed by atoms with Crippen LogP contribution in [0.3, 0.4) is 0 Å². The monoisotopic (exact) mass is 227 g/mol. The quantitative estimate of drug-likeness (QED) is 0.719. The minimum atomic E-state index is 0.374. The molecule has 4 nitrogen and oxygen atoms in total. The van der Waals surface area contributed by atoms with Crippen LogP contribution in [0.5, 0.6) is 0 Å². The summed E-state index contributed by atoms with van der Waals surface area (Å²) in [4.78, 5) is 2.46. The predicted molar refractivity (Wildman–Crippen MR) is 65.5 cm³/mol. The van der Waals surface area contributed by atoms with Gasteiger partial charge in [-0.1, -0.05) is 12.8 Å². The maximum Gasteiger partial charge on any atom is 0.0594 e. The van der Waals surface area contributed by atoms with E-state index in [-0.39, 0.29) is 0 Å². The third-order valence-electron chi connectivity index (χ3n) is 3.76. The van der Waals surface area contributed by atoms with Crippen LogP contribution in [0.4, 0.5) is 0 Å². The van der Waals surface area contributed by atoms with Gasteiger partial charge in [0.1, 0.15) is 0 Å². The highest BCUT2D eigenvalue weighted by Gasteiger charge is 2.21. The van der Waals surface area contributed by atoms with Crippen molar-refractivity contribution in [3.8, 4) is 0 Å². The summed E-state index contributed by atoms with van der Waals surface area (Å²) in [6.45, 7) is 6.15. The third kappa shape index (κ3) is 3.70. The fourth-order valence-corrected chi connectivity index (χ4v) is 2.65. The van der Waals surface area contributed by atoms with Gasteiger partial charge in [0, 0.05) is 38.3 Å². The average Bonchev–Trinajstić information content (AvgIpc) is 2.33. The molecule has 94 valence electrons. The van der Waals surface area contributed by atoms with Gasteiger partial charge in [-0.2, -0.15) is 0 Å². The second-order valence-electron chi connectivity index (χ2n) is 4.96. The molecule has 2 atom stereocenters. The third-order valence-corrected chi connectivity index (χ3v) is 3.76. The average molecular weight is 227 g/mol. The molecule has 0 aromatic rings. The molecule has 2 aliphatic rings. The number of nitrogens with one attached hydrogen (secondary N) is 1. The molecule has 0 bridgehead atoms. The summed E-state index contributed by atoms with van der Waals surface area (Å²) in [6, 6.07) is 0.924. The van der Waals surface area contributed by atoms with Gasteiger partial charge in [0.25, 0.3) is 0 Å². The van der Waals surface area contributed by atoms with Gasteiger partial charge >= 0.3 is 0 Å². The van der Waals surface area contributed by atoms with Crippen molar-refractivity contribution in [2.45, 2.75) is 37.8 Å². The molecule has 3 N–H and O–H groups in total. The minimum Gasteiger partial charge on any atom is -0.379 e. The zero-order valence-corrected chi connectivity index (χ0v) is 10.2. The van der Waals surface area contributed by atoms with Crippen molar-refractivity contribution in [2.24, 2.45) is 5.73 Å². The zero-order chi connectivity index (χ0) is 11.2. The Morgan fingerprint density at radius 2 is 1.94 bits per heavy atom. The van der Waals surface area contributed by atoms with Crippen LogP contribution in [0.1, 0.15) is 25.7 Å². The molecule has 0 aromatic heterocycles. The van der Waals surface area contributed by atoms with Crippen LogP contribution in [-0.4, -0.2) is 56.4 Å². The summed E-state index contributed by atoms with van der Waals surface area (Å²) in [7, 11) is 0. The summed E-state index contributed by atoms with van der Waals surface area (Å²) >= 11 is 0. The van der Waals surface area contributed by atoms with E-state index in [2.05, 4.69) is 10.2 Å². The number of rotatable bonds is 4. The van der Waals surface area contributed by atoms with Gasteiger partial charge in [-0.3, -0.25) is 4.90 Å². The van der Waals surface area contributed by atoms with E-state index < -0.39 is 0 Å². The molecule has 1 aliphatic carbocycles. The van der Waals surface area contributed by atoms with Crippen LogP contribution in [0.15, 0.2) is 0 Å². The van der Waals surface area contributed by atoms with Gasteiger partial charge in [-0.25, -0.2) is 0 Å². The van der Waals surface area contributed by atoms with Crippen LogP contribution in [0.2, 0.25) is 0 Å². The Hall–Kier alpha value is -0.160. The van der Waals surface area contributed by atoms with Crippen LogP contribution < -0.4 is 11.1 Å². The SMILES string of the molecule is N[C@@H]1CCCC[C@@H]1NCCN1CCOCC1. The topological polar surface area (TPSA) is 50.5 Å². The second-order valence-corrected chi connectivity index (χ2v) is 4.96. The zero-order valence-electron chi connectivity index (χ0n) is 10.2. The molecular weight excluding hydrogens is 202 g/mol. The van der Waals surface area contributed by atoms with Crippen molar-refractivity contribution in [2.75, 3.05) is 39.4 Å². The Morgan fingerprint density at radius 3 is 2.69 bits per heavy atom. The van der Waals surface area contributed by atoms with E-state index >= 15 is 0 Å². The summed E-state index contributed by atoms with van der Waals surface area (Å²) in [5.74, 6) is 0. The molecule has 1 heterocycles. The van der Waals surface area contributed by atoms with E-state index in [1.807, 2.05) is 0 Å². The van der Waals surface area contributed by atoms with Gasteiger partial charge in [-0.05, 0) is 12.8 Å². The highest BCUT2D eigenvalue weighted by Crippen LogP contribution is 2.16. The lowest BCUT2D eigenvalue weighted by Gasteiger charge is -2.31. The first-order valence-electron chi connectivity index (χ1n) is 6.65. The molecule has 4 heteroatoms. The predicted octanol–water partition coefficient (Wildman–Crippen LogP) is 0.178. The maximum absolute atomic E-state index is 6.10. The Balaban J connectivity index is 1.59. The first-order chi connectivity index (χ1) is 7.86. The first kappa shape index (κ1) is 12.3. The van der Waals surface area contributed by atoms with Crippen molar-refractivity contribution >= 4 is 0 Å². The van der Waals surface area contributed by atoms with Crippen molar-refractivity contribution in [1.29, 1.82) is 0 Å². The lowest BCUT2D eigenvalue weighted by Crippen LogP contribution is -2.49. The highest BCUT2D eigenvalue weighted by atomic mass is 16.5. The number of nitrogens with two attached hydrogens (primary N) is 1. The van der Waals surface area contributed by atoms with Gasteiger partial charge in [0.05, 0.1) is 13.2 Å². The molecule has 2 fully saturated rings. The van der Waals surface area contributed by atoms with Crippen LogP contribution in [0, 0.1) is 0 Å². The minimum absolute atomic E-state index is 0.374. The van der Waals surface area contributed by atoms with Gasteiger partial charge in [0.15, 0.2) is 0 Å². The number of morpholine rings is 1. The van der Waals surface area contributed by atoms with Gasteiger partial charge in [-0.15, -0.1) is 0 Å². The smallest absolute Gasteiger partial charge is 0.0594 e. The maximum atomic E-state index is 6.10. The van der Waals surface area contributed by atoms with E-state index in [1.54, 1.807) is 0 Å². The Bertz CT molecular complexity index is 195. The lowest BCUT2D eigenvalue weighted by atomic mass is 9.91. The van der Waals surface area contributed by atoms with E-state index in [1.165, 1.54) is 25.7 Å². The van der Waals surface area contributed by atoms with E-state index in [9.17, 15) is 0 Å².